The van der Waals surface area contributed by atoms with Gasteiger partial charge in [-0.2, -0.15) is 0 Å². The molecule has 4 bridgehead atoms. The van der Waals surface area contributed by atoms with Gasteiger partial charge in [0.25, 0.3) is 0 Å². The van der Waals surface area contributed by atoms with E-state index in [4.69, 9.17) is 29.6 Å². The number of rotatable bonds is 3. The summed E-state index contributed by atoms with van der Waals surface area (Å²) in [6.07, 6.45) is 8.26. The van der Waals surface area contributed by atoms with E-state index >= 15 is 0 Å². The predicted octanol–water partition coefficient (Wildman–Crippen LogP) is 4.35. The molecule has 3 N–H and O–H groups in total. The van der Waals surface area contributed by atoms with Crippen LogP contribution in [0.5, 0.6) is 0 Å². The van der Waals surface area contributed by atoms with Crippen LogP contribution in [0.25, 0.3) is 0 Å². The molecule has 4 aliphatic rings. The quantitative estimate of drug-likeness (QED) is 0.813. The van der Waals surface area contributed by atoms with Gasteiger partial charge in [0.2, 0.25) is 0 Å². The van der Waals surface area contributed by atoms with Crippen molar-refractivity contribution in [1.82, 2.24) is 0 Å². The number of benzene rings is 1. The predicted molar refractivity (Wildman–Crippen MR) is 91.9 cm³/mol. The lowest BCUT2D eigenvalue weighted by molar-refractivity contribution is 0.0107. The van der Waals surface area contributed by atoms with E-state index in [0.29, 0.717) is 10.0 Å². The molecule has 0 aromatic heterocycles. The molecule has 4 heteroatoms. The molecule has 4 aliphatic carbocycles. The van der Waals surface area contributed by atoms with Crippen LogP contribution in [-0.2, 0) is 0 Å². The highest BCUT2D eigenvalue weighted by Gasteiger charge is 2.51. The summed E-state index contributed by atoms with van der Waals surface area (Å²) in [5.74, 6) is 2.76. The van der Waals surface area contributed by atoms with Crippen LogP contribution in [0.3, 0.4) is 0 Å². The summed E-state index contributed by atoms with van der Waals surface area (Å²) >= 11 is 11.3. The summed E-state index contributed by atoms with van der Waals surface area (Å²) in [5.41, 5.74) is 8.10. The zero-order valence-corrected chi connectivity index (χ0v) is 13.6. The van der Waals surface area contributed by atoms with Gasteiger partial charge in [0.15, 0.2) is 0 Å². The fourth-order valence-electron chi connectivity index (χ4n) is 5.38. The van der Waals surface area contributed by atoms with Gasteiger partial charge in [-0.1, -0.05) is 23.8 Å². The van der Waals surface area contributed by atoms with Crippen LogP contribution in [-0.4, -0.2) is 10.5 Å². The highest BCUT2D eigenvalue weighted by molar-refractivity contribution is 7.80. The fourth-order valence-corrected chi connectivity index (χ4v) is 5.72. The van der Waals surface area contributed by atoms with Crippen molar-refractivity contribution in [1.29, 1.82) is 0 Å². The lowest BCUT2D eigenvalue weighted by atomic mass is 9.53. The normalized spacial score (nSPS) is 36.7. The minimum Gasteiger partial charge on any atom is -0.389 e. The van der Waals surface area contributed by atoms with E-state index in [1.165, 1.54) is 38.5 Å². The van der Waals surface area contributed by atoms with Crippen molar-refractivity contribution in [2.75, 3.05) is 5.32 Å². The van der Waals surface area contributed by atoms with Crippen molar-refractivity contribution in [3.05, 3.63) is 28.8 Å². The molecule has 112 valence electrons. The topological polar surface area (TPSA) is 38.0 Å². The number of nitrogens with two attached hydrogens (primary N) is 1. The molecule has 0 unspecified atom stereocenters. The van der Waals surface area contributed by atoms with E-state index in [1.54, 1.807) is 0 Å². The van der Waals surface area contributed by atoms with E-state index in [0.717, 1.165) is 29.0 Å². The number of hydrogen-bond donors (Lipinski definition) is 2. The van der Waals surface area contributed by atoms with E-state index in [1.807, 2.05) is 18.2 Å². The third-order valence-corrected chi connectivity index (χ3v) is 6.14. The smallest absolute Gasteiger partial charge is 0.106 e. The average molecular weight is 321 g/mol. The van der Waals surface area contributed by atoms with Crippen LogP contribution < -0.4 is 11.1 Å². The lowest BCUT2D eigenvalue weighted by Gasteiger charge is -2.57. The van der Waals surface area contributed by atoms with Crippen LogP contribution in [0.4, 0.5) is 5.69 Å². The van der Waals surface area contributed by atoms with Crippen molar-refractivity contribution < 1.29 is 0 Å². The maximum atomic E-state index is 6.09. The molecular weight excluding hydrogens is 300 g/mol. The van der Waals surface area contributed by atoms with Gasteiger partial charge >= 0.3 is 0 Å². The highest BCUT2D eigenvalue weighted by atomic mass is 35.5. The Bertz CT molecular complexity index is 563. The Balaban J connectivity index is 1.66. The van der Waals surface area contributed by atoms with Crippen LogP contribution >= 0.6 is 23.8 Å². The van der Waals surface area contributed by atoms with Crippen molar-refractivity contribution in [3.8, 4) is 0 Å². The lowest BCUT2D eigenvalue weighted by Crippen LogP contribution is -2.55. The van der Waals surface area contributed by atoms with E-state index in [2.05, 4.69) is 5.32 Å². The Labute approximate surface area is 136 Å². The second-order valence-electron chi connectivity index (χ2n) is 7.38. The number of nitrogens with one attached hydrogen (secondary N) is 1. The molecule has 4 fully saturated rings. The van der Waals surface area contributed by atoms with Gasteiger partial charge in [-0.3, -0.25) is 0 Å². The van der Waals surface area contributed by atoms with Crippen molar-refractivity contribution in [3.63, 3.8) is 0 Å². The third kappa shape index (κ3) is 2.44. The molecule has 2 nitrogen and oxygen atoms in total. The Morgan fingerprint density at radius 1 is 1.14 bits per heavy atom. The van der Waals surface area contributed by atoms with Crippen molar-refractivity contribution >= 4 is 34.5 Å². The summed E-state index contributed by atoms with van der Waals surface area (Å²) in [7, 11) is 0. The molecular formula is C17H21ClN2S. The molecule has 0 amide bonds. The molecule has 0 spiro atoms. The van der Waals surface area contributed by atoms with Crippen LogP contribution in [0.1, 0.15) is 44.1 Å². The zero-order valence-electron chi connectivity index (χ0n) is 12.1. The molecule has 0 aliphatic heterocycles. The Kier molecular flexibility index (Phi) is 3.20. The first kappa shape index (κ1) is 13.8. The van der Waals surface area contributed by atoms with E-state index in [-0.39, 0.29) is 5.54 Å². The molecule has 0 heterocycles. The second kappa shape index (κ2) is 4.85. The Morgan fingerprint density at radius 3 is 2.24 bits per heavy atom. The Morgan fingerprint density at radius 2 is 1.71 bits per heavy atom. The number of thiocarbonyl (C=S) groups is 1. The van der Waals surface area contributed by atoms with E-state index < -0.39 is 0 Å². The van der Waals surface area contributed by atoms with E-state index in [9.17, 15) is 0 Å². The van der Waals surface area contributed by atoms with Gasteiger partial charge in [0.05, 0.1) is 0 Å². The fraction of sp³-hybridized carbons (Fsp3) is 0.588. The number of anilines is 1. The first-order valence-corrected chi connectivity index (χ1v) is 8.69. The number of hydrogen-bond acceptors (Lipinski definition) is 2. The van der Waals surface area contributed by atoms with Crippen molar-refractivity contribution in [2.45, 2.75) is 44.1 Å². The minimum absolute atomic E-state index is 0.266. The largest absolute Gasteiger partial charge is 0.389 e. The first-order valence-electron chi connectivity index (χ1n) is 7.90. The number of halogens is 1. The van der Waals surface area contributed by atoms with Gasteiger partial charge in [-0.15, -0.1) is 0 Å². The monoisotopic (exact) mass is 320 g/mol. The van der Waals surface area contributed by atoms with Crippen LogP contribution in [0.2, 0.25) is 5.02 Å². The minimum atomic E-state index is 0.266. The molecule has 0 radical (unpaired) electrons. The standard InChI is InChI=1S/C17H21ClN2S/c18-13-1-2-15(14(6-13)16(19)21)20-17-7-10-3-11(8-17)5-12(4-10)9-17/h1-2,6,10-12,20H,3-5,7-9H2,(H2,19,21). The molecule has 21 heavy (non-hydrogen) atoms. The van der Waals surface area contributed by atoms with Gasteiger partial charge in [0.1, 0.15) is 4.99 Å². The summed E-state index contributed by atoms with van der Waals surface area (Å²) in [5, 5.41) is 4.53. The van der Waals surface area contributed by atoms with Gasteiger partial charge < -0.3 is 11.1 Å². The second-order valence-corrected chi connectivity index (χ2v) is 8.25. The Hall–Kier alpha value is -0.800. The molecule has 1 aromatic carbocycles. The third-order valence-electron chi connectivity index (χ3n) is 5.69. The summed E-state index contributed by atoms with van der Waals surface area (Å²) < 4.78 is 0. The summed E-state index contributed by atoms with van der Waals surface area (Å²) in [6.45, 7) is 0. The molecule has 0 saturated heterocycles. The first-order chi connectivity index (χ1) is 10.0. The highest BCUT2D eigenvalue weighted by Crippen LogP contribution is 2.56. The maximum absolute atomic E-state index is 6.09. The van der Waals surface area contributed by atoms with Crippen molar-refractivity contribution in [2.24, 2.45) is 23.5 Å². The summed E-state index contributed by atoms with van der Waals surface area (Å²) in [4.78, 5) is 0.421. The maximum Gasteiger partial charge on any atom is 0.106 e. The van der Waals surface area contributed by atoms with Gasteiger partial charge in [-0.05, 0) is 74.5 Å². The zero-order chi connectivity index (χ0) is 14.6. The van der Waals surface area contributed by atoms with Gasteiger partial charge in [-0.25, -0.2) is 0 Å². The molecule has 4 saturated carbocycles. The summed E-state index contributed by atoms with van der Waals surface area (Å²) in [6, 6.07) is 5.84. The molecule has 0 atom stereocenters. The van der Waals surface area contributed by atoms with Gasteiger partial charge in [0, 0.05) is 21.8 Å². The molecule has 1 aromatic rings. The average Bonchev–Trinajstić information content (AvgIpc) is 2.38. The van der Waals surface area contributed by atoms with Crippen LogP contribution in [0.15, 0.2) is 18.2 Å². The molecule has 5 rings (SSSR count). The SMILES string of the molecule is NC(=S)c1cc(Cl)ccc1NC12CC3CC(CC(C3)C1)C2. The van der Waals surface area contributed by atoms with Crippen LogP contribution in [0, 0.1) is 17.8 Å².